The highest BCUT2D eigenvalue weighted by atomic mass is 19.1. The molecule has 118 valence electrons. The lowest BCUT2D eigenvalue weighted by molar-refractivity contribution is -0.148. The molecular formula is C16H18FNO4. The van der Waals surface area contributed by atoms with E-state index in [1.54, 1.807) is 6.07 Å². The molecule has 0 aliphatic carbocycles. The van der Waals surface area contributed by atoms with Crippen LogP contribution in [0.25, 0.3) is 0 Å². The largest absolute Gasteiger partial charge is 0.480 e. The van der Waals surface area contributed by atoms with Crippen molar-refractivity contribution in [1.82, 2.24) is 4.90 Å². The van der Waals surface area contributed by atoms with Crippen LogP contribution in [-0.2, 0) is 9.59 Å². The zero-order valence-electron chi connectivity index (χ0n) is 12.5. The summed E-state index contributed by atoms with van der Waals surface area (Å²) in [4.78, 5) is 24.6. The van der Waals surface area contributed by atoms with Gasteiger partial charge in [-0.3, -0.25) is 4.79 Å². The van der Waals surface area contributed by atoms with Gasteiger partial charge in [-0.05, 0) is 24.5 Å². The number of aliphatic carboxylic acids is 1. The summed E-state index contributed by atoms with van der Waals surface area (Å²) in [6, 6.07) is 4.94. The first kappa shape index (κ1) is 16.0. The van der Waals surface area contributed by atoms with E-state index in [4.69, 9.17) is 4.74 Å². The first-order valence-corrected chi connectivity index (χ1v) is 7.05. The topological polar surface area (TPSA) is 66.8 Å². The number of para-hydroxylation sites is 1. The standard InChI is InChI=1S/C16H18FNO4/c1-10(2)7-13(16(20)21)18-9-11(8-15(18)19)22-14-6-4-3-5-12(14)17/h3-6,8,10,13H,7,9H2,1-2H3,(H,20,21)/t13-/m0/s1. The van der Waals surface area contributed by atoms with Crippen molar-refractivity contribution in [2.24, 2.45) is 5.92 Å². The monoisotopic (exact) mass is 307 g/mol. The molecule has 2 rings (SSSR count). The maximum absolute atomic E-state index is 13.6. The molecule has 1 aromatic carbocycles. The van der Waals surface area contributed by atoms with E-state index in [9.17, 15) is 19.1 Å². The second-order valence-electron chi connectivity index (χ2n) is 5.59. The fraction of sp³-hybridized carbons (Fsp3) is 0.375. The van der Waals surface area contributed by atoms with Crippen LogP contribution in [0.15, 0.2) is 36.1 Å². The zero-order valence-corrected chi connectivity index (χ0v) is 12.5. The molecule has 0 spiro atoms. The highest BCUT2D eigenvalue weighted by Crippen LogP contribution is 2.24. The Hall–Kier alpha value is -2.37. The third-order valence-electron chi connectivity index (χ3n) is 3.33. The molecular weight excluding hydrogens is 289 g/mol. The van der Waals surface area contributed by atoms with Crippen LogP contribution in [0.5, 0.6) is 5.75 Å². The van der Waals surface area contributed by atoms with Gasteiger partial charge in [0.1, 0.15) is 11.8 Å². The summed E-state index contributed by atoms with van der Waals surface area (Å²) in [6.07, 6.45) is 1.56. The molecule has 0 unspecified atom stereocenters. The Morgan fingerprint density at radius 2 is 2.09 bits per heavy atom. The fourth-order valence-electron chi connectivity index (χ4n) is 2.31. The molecule has 0 radical (unpaired) electrons. The van der Waals surface area contributed by atoms with Crippen molar-refractivity contribution >= 4 is 11.9 Å². The number of hydrogen-bond donors (Lipinski definition) is 1. The van der Waals surface area contributed by atoms with E-state index in [0.29, 0.717) is 6.42 Å². The molecule has 0 saturated heterocycles. The molecule has 22 heavy (non-hydrogen) atoms. The van der Waals surface area contributed by atoms with E-state index in [-0.39, 0.29) is 24.0 Å². The van der Waals surface area contributed by atoms with Crippen LogP contribution in [0.1, 0.15) is 20.3 Å². The van der Waals surface area contributed by atoms with Gasteiger partial charge in [0, 0.05) is 6.08 Å². The normalized spacial score (nSPS) is 15.9. The van der Waals surface area contributed by atoms with Crippen LogP contribution in [0.4, 0.5) is 4.39 Å². The van der Waals surface area contributed by atoms with E-state index in [1.165, 1.54) is 29.2 Å². The second kappa shape index (κ2) is 6.60. The number of benzene rings is 1. The van der Waals surface area contributed by atoms with Crippen LogP contribution in [-0.4, -0.2) is 34.5 Å². The molecule has 1 heterocycles. The van der Waals surface area contributed by atoms with Gasteiger partial charge >= 0.3 is 5.97 Å². The second-order valence-corrected chi connectivity index (χ2v) is 5.59. The molecule has 1 N–H and O–H groups in total. The minimum atomic E-state index is -1.05. The minimum absolute atomic E-state index is 0.0131. The number of halogens is 1. The third-order valence-corrected chi connectivity index (χ3v) is 3.33. The molecule has 0 fully saturated rings. The van der Waals surface area contributed by atoms with E-state index in [1.807, 2.05) is 13.8 Å². The first-order chi connectivity index (χ1) is 10.4. The Labute approximate surface area is 128 Å². The Morgan fingerprint density at radius 3 is 2.68 bits per heavy atom. The number of nitrogens with zero attached hydrogens (tertiary/aromatic N) is 1. The Balaban J connectivity index is 2.10. The first-order valence-electron chi connectivity index (χ1n) is 7.05. The number of amides is 1. The summed E-state index contributed by atoms with van der Waals surface area (Å²) in [5.41, 5.74) is 0. The van der Waals surface area contributed by atoms with Crippen molar-refractivity contribution in [3.05, 3.63) is 41.9 Å². The lowest BCUT2D eigenvalue weighted by Crippen LogP contribution is -2.43. The molecule has 1 aliphatic rings. The van der Waals surface area contributed by atoms with Gasteiger partial charge in [0.15, 0.2) is 11.6 Å². The average Bonchev–Trinajstić information content (AvgIpc) is 2.79. The summed E-state index contributed by atoms with van der Waals surface area (Å²) in [7, 11) is 0. The number of hydrogen-bond acceptors (Lipinski definition) is 3. The molecule has 1 aromatic rings. The Bertz CT molecular complexity index is 612. The van der Waals surface area contributed by atoms with Crippen molar-refractivity contribution < 1.29 is 23.8 Å². The average molecular weight is 307 g/mol. The molecule has 1 atom stereocenters. The van der Waals surface area contributed by atoms with Crippen molar-refractivity contribution in [2.75, 3.05) is 6.54 Å². The fourth-order valence-corrected chi connectivity index (χ4v) is 2.31. The lowest BCUT2D eigenvalue weighted by Gasteiger charge is -2.25. The lowest BCUT2D eigenvalue weighted by atomic mass is 10.0. The van der Waals surface area contributed by atoms with E-state index in [0.717, 1.165) is 0 Å². The number of carbonyl (C=O) groups excluding carboxylic acids is 1. The molecule has 1 aliphatic heterocycles. The molecule has 0 bridgehead atoms. The SMILES string of the molecule is CC(C)C[C@@H](C(=O)O)N1CC(Oc2ccccc2F)=CC1=O. The van der Waals surface area contributed by atoms with Crippen LogP contribution in [0, 0.1) is 11.7 Å². The van der Waals surface area contributed by atoms with Crippen LogP contribution >= 0.6 is 0 Å². The minimum Gasteiger partial charge on any atom is -0.480 e. The highest BCUT2D eigenvalue weighted by molar-refractivity contribution is 5.94. The van der Waals surface area contributed by atoms with Crippen molar-refractivity contribution in [3.63, 3.8) is 0 Å². The van der Waals surface area contributed by atoms with Gasteiger partial charge < -0.3 is 14.7 Å². The molecule has 0 saturated carbocycles. The van der Waals surface area contributed by atoms with Gasteiger partial charge in [0.25, 0.3) is 5.91 Å². The van der Waals surface area contributed by atoms with Gasteiger partial charge in [-0.1, -0.05) is 26.0 Å². The molecule has 5 nitrogen and oxygen atoms in total. The van der Waals surface area contributed by atoms with Crippen molar-refractivity contribution in [3.8, 4) is 5.75 Å². The van der Waals surface area contributed by atoms with Gasteiger partial charge in [0.05, 0.1) is 6.54 Å². The molecule has 0 aromatic heterocycles. The molecule has 6 heteroatoms. The number of carbonyl (C=O) groups is 2. The summed E-state index contributed by atoms with van der Waals surface area (Å²) in [5.74, 6) is -1.64. The molecule has 1 amide bonds. The number of ether oxygens (including phenoxy) is 1. The maximum Gasteiger partial charge on any atom is 0.326 e. The predicted octanol–water partition coefficient (Wildman–Crippen LogP) is 2.43. The summed E-state index contributed by atoms with van der Waals surface area (Å²) >= 11 is 0. The third kappa shape index (κ3) is 3.63. The zero-order chi connectivity index (χ0) is 16.3. The van der Waals surface area contributed by atoms with E-state index < -0.39 is 23.7 Å². The van der Waals surface area contributed by atoms with Crippen LogP contribution in [0.2, 0.25) is 0 Å². The van der Waals surface area contributed by atoms with Gasteiger partial charge in [0.2, 0.25) is 0 Å². The smallest absolute Gasteiger partial charge is 0.326 e. The van der Waals surface area contributed by atoms with Gasteiger partial charge in [-0.25, -0.2) is 9.18 Å². The predicted molar refractivity (Wildman–Crippen MR) is 77.7 cm³/mol. The van der Waals surface area contributed by atoms with Crippen molar-refractivity contribution in [2.45, 2.75) is 26.3 Å². The summed E-state index contributed by atoms with van der Waals surface area (Å²) < 4.78 is 18.9. The van der Waals surface area contributed by atoms with Crippen molar-refractivity contribution in [1.29, 1.82) is 0 Å². The number of carboxylic acids is 1. The highest BCUT2D eigenvalue weighted by Gasteiger charge is 2.34. The van der Waals surface area contributed by atoms with Gasteiger partial charge in [-0.15, -0.1) is 0 Å². The quantitative estimate of drug-likeness (QED) is 0.876. The Kier molecular flexibility index (Phi) is 4.80. The number of carboxylic acid groups (broad SMARTS) is 1. The van der Waals surface area contributed by atoms with E-state index >= 15 is 0 Å². The van der Waals surface area contributed by atoms with Crippen LogP contribution in [0.3, 0.4) is 0 Å². The summed E-state index contributed by atoms with van der Waals surface area (Å²) in [6.45, 7) is 3.80. The number of rotatable bonds is 6. The van der Waals surface area contributed by atoms with E-state index in [2.05, 4.69) is 0 Å². The summed E-state index contributed by atoms with van der Waals surface area (Å²) in [5, 5.41) is 9.30. The van der Waals surface area contributed by atoms with Crippen LogP contribution < -0.4 is 4.74 Å². The maximum atomic E-state index is 13.6. The Morgan fingerprint density at radius 1 is 1.41 bits per heavy atom. The van der Waals surface area contributed by atoms with Gasteiger partial charge in [-0.2, -0.15) is 0 Å².